The van der Waals surface area contributed by atoms with Crippen LogP contribution in [-0.4, -0.2) is 0 Å². The van der Waals surface area contributed by atoms with Gasteiger partial charge in [-0.05, 0) is 30.3 Å². The molecule has 19 heavy (non-hydrogen) atoms. The van der Waals surface area contributed by atoms with Crippen LogP contribution in [0.1, 0.15) is 0 Å². The maximum atomic E-state index is 3.49. The molecule has 2 aromatic carbocycles. The number of rotatable bonds is 1. The van der Waals surface area contributed by atoms with Gasteiger partial charge in [-0.2, -0.15) is 0 Å². The highest BCUT2D eigenvalue weighted by molar-refractivity contribution is 9.10. The molecule has 0 saturated heterocycles. The van der Waals surface area contributed by atoms with Crippen LogP contribution in [0.3, 0.4) is 0 Å². The lowest BCUT2D eigenvalue weighted by Gasteiger charge is -1.94. The fourth-order valence-corrected chi connectivity index (χ4v) is 4.76. The number of fused-ring (bicyclic) bond motifs is 3. The van der Waals surface area contributed by atoms with Crippen molar-refractivity contribution in [3.05, 3.63) is 58.4 Å². The van der Waals surface area contributed by atoms with Gasteiger partial charge in [-0.15, -0.1) is 4.40 Å². The Kier molecular flexibility index (Phi) is 2.69. The van der Waals surface area contributed by atoms with Crippen LogP contribution in [0.4, 0.5) is 0 Å². The molecule has 4 rings (SSSR count). The standard InChI is InChI=1S/C15H9BrNS2/c16-11-7-5-10(6-8-11)13-9-18-15-17(13)12-3-1-2-4-14(12)19-15/h1-9H/q+1. The fourth-order valence-electron chi connectivity index (χ4n) is 2.25. The second kappa shape index (κ2) is 4.40. The van der Waals surface area contributed by atoms with Crippen LogP contribution in [0, 0.1) is 0 Å². The summed E-state index contributed by atoms with van der Waals surface area (Å²) in [7, 11) is 0. The van der Waals surface area contributed by atoms with Gasteiger partial charge in [0.15, 0.2) is 0 Å². The molecule has 0 N–H and O–H groups in total. The number of hydrogen-bond donors (Lipinski definition) is 0. The summed E-state index contributed by atoms with van der Waals surface area (Å²) in [5.41, 5.74) is 3.81. The second-order valence-electron chi connectivity index (χ2n) is 4.30. The van der Waals surface area contributed by atoms with Crippen molar-refractivity contribution in [1.82, 2.24) is 0 Å². The molecule has 0 radical (unpaired) electrons. The van der Waals surface area contributed by atoms with E-state index in [0.29, 0.717) is 0 Å². The maximum Gasteiger partial charge on any atom is 0.326 e. The van der Waals surface area contributed by atoms with Crippen molar-refractivity contribution in [1.29, 1.82) is 0 Å². The van der Waals surface area contributed by atoms with Gasteiger partial charge in [0.1, 0.15) is 4.70 Å². The third-order valence-corrected chi connectivity index (χ3v) is 5.85. The summed E-state index contributed by atoms with van der Waals surface area (Å²) in [6.07, 6.45) is 0. The largest absolute Gasteiger partial charge is 0.326 e. The molecule has 0 fully saturated rings. The molecule has 0 amide bonds. The van der Waals surface area contributed by atoms with Crippen LogP contribution in [0.2, 0.25) is 0 Å². The Balaban J connectivity index is 2.06. The van der Waals surface area contributed by atoms with Gasteiger partial charge in [0.25, 0.3) is 0 Å². The third-order valence-electron chi connectivity index (χ3n) is 3.14. The maximum absolute atomic E-state index is 3.49. The molecule has 0 bridgehead atoms. The minimum atomic E-state index is 1.11. The summed E-state index contributed by atoms with van der Waals surface area (Å²) in [5.74, 6) is 0. The van der Waals surface area contributed by atoms with Gasteiger partial charge >= 0.3 is 4.14 Å². The van der Waals surface area contributed by atoms with Crippen LogP contribution in [0.15, 0.2) is 58.4 Å². The molecule has 92 valence electrons. The van der Waals surface area contributed by atoms with E-state index in [4.69, 9.17) is 0 Å². The fraction of sp³-hybridized carbons (Fsp3) is 0. The highest BCUT2D eigenvalue weighted by Gasteiger charge is 2.21. The van der Waals surface area contributed by atoms with Crippen molar-refractivity contribution in [2.45, 2.75) is 0 Å². The number of hydrogen-bond acceptors (Lipinski definition) is 2. The lowest BCUT2D eigenvalue weighted by atomic mass is 10.2. The summed E-state index contributed by atoms with van der Waals surface area (Å²) in [4.78, 5) is 0. The molecule has 0 atom stereocenters. The van der Waals surface area contributed by atoms with Gasteiger partial charge in [0.05, 0.1) is 5.38 Å². The lowest BCUT2D eigenvalue weighted by molar-refractivity contribution is -0.460. The van der Waals surface area contributed by atoms with Crippen LogP contribution in [-0.2, 0) is 0 Å². The highest BCUT2D eigenvalue weighted by atomic mass is 79.9. The van der Waals surface area contributed by atoms with E-state index in [-0.39, 0.29) is 0 Å². The van der Waals surface area contributed by atoms with Gasteiger partial charge in [-0.25, -0.2) is 0 Å². The molecule has 0 aliphatic rings. The predicted molar refractivity (Wildman–Crippen MR) is 86.0 cm³/mol. The van der Waals surface area contributed by atoms with Crippen molar-refractivity contribution in [2.75, 3.05) is 0 Å². The van der Waals surface area contributed by atoms with Gasteiger partial charge in [-0.1, -0.05) is 50.7 Å². The van der Waals surface area contributed by atoms with E-state index in [1.165, 1.54) is 25.6 Å². The first-order valence-corrected chi connectivity index (χ1v) is 8.38. The zero-order chi connectivity index (χ0) is 12.8. The molecular weight excluding hydrogens is 338 g/mol. The molecular formula is C15H9BrNS2+. The first-order valence-electron chi connectivity index (χ1n) is 5.90. The van der Waals surface area contributed by atoms with Crippen LogP contribution in [0.25, 0.3) is 25.6 Å². The molecule has 0 spiro atoms. The van der Waals surface area contributed by atoms with E-state index >= 15 is 0 Å². The number of thiazole rings is 2. The van der Waals surface area contributed by atoms with E-state index in [9.17, 15) is 0 Å². The van der Waals surface area contributed by atoms with E-state index in [2.05, 4.69) is 74.2 Å². The number of halogens is 1. The first-order chi connectivity index (χ1) is 9.33. The van der Waals surface area contributed by atoms with Crippen molar-refractivity contribution >= 4 is 53.0 Å². The summed E-state index contributed by atoms with van der Waals surface area (Å²) in [6, 6.07) is 17.1. The van der Waals surface area contributed by atoms with Crippen LogP contribution in [0.5, 0.6) is 0 Å². The zero-order valence-electron chi connectivity index (χ0n) is 9.84. The first kappa shape index (κ1) is 11.6. The van der Waals surface area contributed by atoms with Crippen molar-refractivity contribution in [3.8, 4) is 11.3 Å². The number of aromatic nitrogens is 1. The van der Waals surface area contributed by atoms with E-state index in [1.807, 2.05) is 22.7 Å². The number of benzene rings is 2. The minimum absolute atomic E-state index is 1.11. The Bertz CT molecular complexity index is 874. The Labute approximate surface area is 126 Å². The Morgan fingerprint density at radius 3 is 2.58 bits per heavy atom. The Morgan fingerprint density at radius 2 is 1.74 bits per heavy atom. The molecule has 0 aliphatic heterocycles. The van der Waals surface area contributed by atoms with E-state index < -0.39 is 0 Å². The third kappa shape index (κ3) is 1.83. The summed E-state index contributed by atoms with van der Waals surface area (Å²) in [5, 5.41) is 2.24. The summed E-state index contributed by atoms with van der Waals surface area (Å²) < 4.78 is 6.14. The smallest absolute Gasteiger partial charge is 0.133 e. The minimum Gasteiger partial charge on any atom is -0.133 e. The monoisotopic (exact) mass is 346 g/mol. The van der Waals surface area contributed by atoms with Crippen molar-refractivity contribution in [2.24, 2.45) is 0 Å². The van der Waals surface area contributed by atoms with E-state index in [1.54, 1.807) is 0 Å². The van der Waals surface area contributed by atoms with Crippen molar-refractivity contribution in [3.63, 3.8) is 0 Å². The summed E-state index contributed by atoms with van der Waals surface area (Å²) in [6.45, 7) is 0. The number of para-hydroxylation sites is 1. The predicted octanol–water partition coefficient (Wildman–Crippen LogP) is 5.13. The van der Waals surface area contributed by atoms with Gasteiger partial charge in [-0.3, -0.25) is 0 Å². The molecule has 0 saturated carbocycles. The van der Waals surface area contributed by atoms with Gasteiger partial charge in [0, 0.05) is 16.1 Å². The molecule has 4 heteroatoms. The topological polar surface area (TPSA) is 4.10 Å². The highest BCUT2D eigenvalue weighted by Crippen LogP contribution is 2.30. The second-order valence-corrected chi connectivity index (χ2v) is 7.36. The van der Waals surface area contributed by atoms with Gasteiger partial charge < -0.3 is 0 Å². The average molecular weight is 347 g/mol. The SMILES string of the molecule is Brc1ccc(-c2csc3sc4ccccc4[n+]23)cc1. The van der Waals surface area contributed by atoms with E-state index in [0.717, 1.165) is 4.47 Å². The van der Waals surface area contributed by atoms with Crippen molar-refractivity contribution < 1.29 is 4.40 Å². The molecule has 4 aromatic rings. The molecule has 1 nitrogen and oxygen atoms in total. The molecule has 0 aliphatic carbocycles. The zero-order valence-corrected chi connectivity index (χ0v) is 13.1. The molecule has 2 aromatic heterocycles. The lowest BCUT2D eigenvalue weighted by Crippen LogP contribution is -2.18. The average Bonchev–Trinajstić information content (AvgIpc) is 2.98. The van der Waals surface area contributed by atoms with Crippen LogP contribution >= 0.6 is 38.6 Å². The molecule has 0 unspecified atom stereocenters. The summed E-state index contributed by atoms with van der Waals surface area (Å²) >= 11 is 7.15. The van der Waals surface area contributed by atoms with Crippen LogP contribution < -0.4 is 4.40 Å². The Morgan fingerprint density at radius 1 is 0.947 bits per heavy atom. The number of nitrogens with zero attached hydrogens (tertiary/aromatic N) is 1. The quantitative estimate of drug-likeness (QED) is 0.420. The van der Waals surface area contributed by atoms with Gasteiger partial charge in [0.2, 0.25) is 11.2 Å². The normalized spacial score (nSPS) is 11.4. The molecule has 2 heterocycles. The Hall–Kier alpha value is -1.23.